The van der Waals surface area contributed by atoms with Crippen molar-refractivity contribution >= 4 is 34.0 Å². The molecule has 1 heterocycles. The van der Waals surface area contributed by atoms with Gasteiger partial charge in [-0.05, 0) is 38.5 Å². The molecule has 0 unspecified atom stereocenters. The topological polar surface area (TPSA) is 105 Å². The van der Waals surface area contributed by atoms with E-state index < -0.39 is 11.9 Å². The van der Waals surface area contributed by atoms with E-state index in [2.05, 4.69) is 5.32 Å². The van der Waals surface area contributed by atoms with Crippen LogP contribution in [0.3, 0.4) is 0 Å². The fourth-order valence-electron chi connectivity index (χ4n) is 2.38. The first-order chi connectivity index (χ1) is 12.9. The molecule has 0 aliphatic heterocycles. The van der Waals surface area contributed by atoms with Gasteiger partial charge in [0.25, 0.3) is 5.91 Å². The summed E-state index contributed by atoms with van der Waals surface area (Å²) < 4.78 is 10.4. The van der Waals surface area contributed by atoms with Gasteiger partial charge in [0.2, 0.25) is 0 Å². The minimum Gasteiger partial charge on any atom is -0.482 e. The van der Waals surface area contributed by atoms with Gasteiger partial charge < -0.3 is 14.8 Å². The average Bonchev–Trinajstić information content (AvgIpc) is 2.96. The van der Waals surface area contributed by atoms with Crippen molar-refractivity contribution in [3.63, 3.8) is 0 Å². The number of hydrogen-bond donors (Lipinski definition) is 1. The Balaban J connectivity index is 2.19. The van der Waals surface area contributed by atoms with Crippen LogP contribution in [0.2, 0.25) is 0 Å². The molecule has 0 radical (unpaired) electrons. The molecule has 1 aromatic heterocycles. The summed E-state index contributed by atoms with van der Waals surface area (Å²) in [6.07, 6.45) is 0. The van der Waals surface area contributed by atoms with E-state index in [0.717, 1.165) is 11.3 Å². The van der Waals surface area contributed by atoms with Gasteiger partial charge in [0, 0.05) is 0 Å². The maximum atomic E-state index is 12.3. The number of carbonyl (C=O) groups is 3. The first kappa shape index (κ1) is 20.1. The Bertz CT molecular complexity index is 927. The molecule has 7 nitrogen and oxygen atoms in total. The van der Waals surface area contributed by atoms with Gasteiger partial charge in [0.1, 0.15) is 16.8 Å². The van der Waals surface area contributed by atoms with Gasteiger partial charge >= 0.3 is 5.97 Å². The monoisotopic (exact) mass is 386 g/mol. The van der Waals surface area contributed by atoms with Crippen LogP contribution in [0.5, 0.6) is 5.75 Å². The molecule has 8 heteroatoms. The first-order valence-electron chi connectivity index (χ1n) is 8.12. The smallest absolute Gasteiger partial charge is 0.341 e. The third-order valence-electron chi connectivity index (χ3n) is 3.57. The number of ketones is 1. The number of esters is 1. The van der Waals surface area contributed by atoms with Crippen molar-refractivity contribution in [2.24, 2.45) is 0 Å². The molecule has 1 aromatic carbocycles. The van der Waals surface area contributed by atoms with Crippen molar-refractivity contribution in [1.82, 2.24) is 0 Å². The largest absolute Gasteiger partial charge is 0.482 e. The number of rotatable bonds is 7. The minimum absolute atomic E-state index is 0.165. The van der Waals surface area contributed by atoms with Crippen molar-refractivity contribution in [1.29, 1.82) is 5.26 Å². The van der Waals surface area contributed by atoms with Crippen molar-refractivity contribution < 1.29 is 23.9 Å². The summed E-state index contributed by atoms with van der Waals surface area (Å²) in [7, 11) is 0. The Morgan fingerprint density at radius 3 is 2.59 bits per heavy atom. The Morgan fingerprint density at radius 2 is 1.96 bits per heavy atom. The molecule has 0 aliphatic rings. The van der Waals surface area contributed by atoms with E-state index in [1.165, 1.54) is 6.92 Å². The third-order valence-corrected chi connectivity index (χ3v) is 4.87. The number of amides is 1. The zero-order valence-electron chi connectivity index (χ0n) is 15.1. The maximum Gasteiger partial charge on any atom is 0.341 e. The van der Waals surface area contributed by atoms with Gasteiger partial charge in [-0.15, -0.1) is 11.3 Å². The summed E-state index contributed by atoms with van der Waals surface area (Å²) in [5.74, 6) is -1.05. The molecule has 0 spiro atoms. The Labute approximate surface area is 160 Å². The molecule has 2 aromatic rings. The molecule has 0 fully saturated rings. The zero-order valence-corrected chi connectivity index (χ0v) is 15.9. The number of hydrogen-bond acceptors (Lipinski definition) is 7. The molecule has 0 saturated heterocycles. The van der Waals surface area contributed by atoms with Crippen LogP contribution >= 0.6 is 11.3 Å². The number of nitrogens with one attached hydrogen (secondary N) is 1. The summed E-state index contributed by atoms with van der Waals surface area (Å²) in [5.41, 5.74) is 0.943. The van der Waals surface area contributed by atoms with Gasteiger partial charge in [-0.1, -0.05) is 12.1 Å². The van der Waals surface area contributed by atoms with Crippen LogP contribution in [0.4, 0.5) is 5.00 Å². The molecule has 27 heavy (non-hydrogen) atoms. The average molecular weight is 386 g/mol. The van der Waals surface area contributed by atoms with Gasteiger partial charge in [-0.2, -0.15) is 5.26 Å². The minimum atomic E-state index is -0.607. The van der Waals surface area contributed by atoms with E-state index in [0.29, 0.717) is 16.0 Å². The fraction of sp³-hybridized carbons (Fsp3) is 0.263. The molecule has 0 bridgehead atoms. The van der Waals surface area contributed by atoms with Crippen LogP contribution < -0.4 is 10.1 Å². The molecule has 2 rings (SSSR count). The number of nitriles is 1. The molecular weight excluding hydrogens is 368 g/mol. The quantitative estimate of drug-likeness (QED) is 0.578. The molecular formula is C19H18N2O5S. The highest BCUT2D eigenvalue weighted by molar-refractivity contribution is 7.18. The molecule has 140 valence electrons. The van der Waals surface area contributed by atoms with Crippen LogP contribution in [-0.2, 0) is 9.53 Å². The normalized spacial score (nSPS) is 10.0. The van der Waals surface area contributed by atoms with Crippen LogP contribution in [0, 0.1) is 18.3 Å². The lowest BCUT2D eigenvalue weighted by atomic mass is 10.1. The van der Waals surface area contributed by atoms with Crippen LogP contribution in [0.15, 0.2) is 24.3 Å². The number of benzene rings is 1. The molecule has 1 amide bonds. The van der Waals surface area contributed by atoms with Crippen LogP contribution in [0.1, 0.15) is 45.0 Å². The van der Waals surface area contributed by atoms with Crippen molar-refractivity contribution in [2.75, 3.05) is 18.5 Å². The number of thiophene rings is 1. The summed E-state index contributed by atoms with van der Waals surface area (Å²) in [6, 6.07) is 8.52. The number of anilines is 1. The van der Waals surface area contributed by atoms with Crippen molar-refractivity contribution in [3.8, 4) is 11.8 Å². The number of carbonyl (C=O) groups excluding carboxylic acids is 3. The van der Waals surface area contributed by atoms with E-state index in [1.54, 1.807) is 38.1 Å². The van der Waals surface area contributed by atoms with Gasteiger partial charge in [0.15, 0.2) is 12.4 Å². The van der Waals surface area contributed by atoms with E-state index in [9.17, 15) is 14.4 Å². The third kappa shape index (κ3) is 4.71. The second-order valence-corrected chi connectivity index (χ2v) is 6.50. The lowest BCUT2D eigenvalue weighted by Crippen LogP contribution is -2.21. The Kier molecular flexibility index (Phi) is 6.68. The lowest BCUT2D eigenvalue weighted by Gasteiger charge is -2.09. The van der Waals surface area contributed by atoms with E-state index >= 15 is 0 Å². The standard InChI is InChI=1S/C19H18N2O5S/c1-4-25-19(24)16-11(2)17(12(3)22)27-18(16)21-15(23)10-26-14-8-6-5-7-13(14)9-20/h5-8H,4,10H2,1-3H3,(H,21,23). The molecule has 0 aliphatic carbocycles. The molecule has 0 saturated carbocycles. The number of Topliss-reactive ketones (excluding diaryl/α,β-unsaturated/α-hetero) is 1. The summed E-state index contributed by atoms with van der Waals surface area (Å²) in [5, 5.41) is 11.9. The second kappa shape index (κ2) is 8.96. The van der Waals surface area contributed by atoms with Gasteiger partial charge in [-0.25, -0.2) is 4.79 Å². The van der Waals surface area contributed by atoms with Crippen LogP contribution in [-0.4, -0.2) is 30.9 Å². The Morgan fingerprint density at radius 1 is 1.26 bits per heavy atom. The van der Waals surface area contributed by atoms with Gasteiger partial charge in [0.05, 0.1) is 22.6 Å². The summed E-state index contributed by atoms with van der Waals surface area (Å²) in [4.78, 5) is 36.6. The molecule has 1 N–H and O–H groups in total. The number of para-hydroxylation sites is 1. The lowest BCUT2D eigenvalue weighted by molar-refractivity contribution is -0.118. The Hall–Kier alpha value is -3.18. The first-order valence-corrected chi connectivity index (χ1v) is 8.93. The SMILES string of the molecule is CCOC(=O)c1c(NC(=O)COc2ccccc2C#N)sc(C(C)=O)c1C. The van der Waals surface area contributed by atoms with Gasteiger partial charge in [-0.3, -0.25) is 9.59 Å². The summed E-state index contributed by atoms with van der Waals surface area (Å²) >= 11 is 1.02. The highest BCUT2D eigenvalue weighted by atomic mass is 32.1. The second-order valence-electron chi connectivity index (χ2n) is 5.48. The number of ether oxygens (including phenoxy) is 2. The van der Waals surface area contributed by atoms with Crippen molar-refractivity contribution in [3.05, 3.63) is 45.8 Å². The predicted molar refractivity (Wildman–Crippen MR) is 100 cm³/mol. The number of nitrogens with zero attached hydrogens (tertiary/aromatic N) is 1. The highest BCUT2D eigenvalue weighted by Gasteiger charge is 2.25. The predicted octanol–water partition coefficient (Wildman–Crippen LogP) is 3.33. The van der Waals surface area contributed by atoms with E-state index in [-0.39, 0.29) is 35.3 Å². The van der Waals surface area contributed by atoms with E-state index in [4.69, 9.17) is 14.7 Å². The zero-order chi connectivity index (χ0) is 20.0. The van der Waals surface area contributed by atoms with E-state index in [1.807, 2.05) is 6.07 Å². The molecule has 0 atom stereocenters. The summed E-state index contributed by atoms with van der Waals surface area (Å²) in [6.45, 7) is 4.51. The van der Waals surface area contributed by atoms with Crippen molar-refractivity contribution in [2.45, 2.75) is 20.8 Å². The van der Waals surface area contributed by atoms with Crippen LogP contribution in [0.25, 0.3) is 0 Å². The maximum absolute atomic E-state index is 12.3. The fourth-order valence-corrected chi connectivity index (χ4v) is 3.48. The highest BCUT2D eigenvalue weighted by Crippen LogP contribution is 2.34.